The molecule has 1 aliphatic heterocycles. The van der Waals surface area contributed by atoms with Gasteiger partial charge in [-0.15, -0.1) is 0 Å². The molecule has 2 aromatic rings. The molecule has 3 rings (SSSR count). The minimum absolute atomic E-state index is 0.0351. The van der Waals surface area contributed by atoms with Crippen LogP contribution in [-0.2, 0) is 30.8 Å². The van der Waals surface area contributed by atoms with Crippen LogP contribution in [0.15, 0.2) is 30.3 Å². The van der Waals surface area contributed by atoms with E-state index in [1.165, 1.54) is 17.8 Å². The van der Waals surface area contributed by atoms with Crippen LogP contribution in [0.1, 0.15) is 49.6 Å². The van der Waals surface area contributed by atoms with Crippen LogP contribution in [0.4, 0.5) is 4.39 Å². The Labute approximate surface area is 160 Å². The zero-order chi connectivity index (χ0) is 19.1. The maximum absolute atomic E-state index is 12.9. The summed E-state index contributed by atoms with van der Waals surface area (Å²) < 4.78 is 15.0. The van der Waals surface area contributed by atoms with E-state index in [2.05, 4.69) is 33.0 Å². The van der Waals surface area contributed by atoms with Crippen molar-refractivity contribution in [3.05, 3.63) is 53.1 Å². The Bertz CT molecular complexity index is 741. The van der Waals surface area contributed by atoms with Crippen LogP contribution in [0, 0.1) is 5.82 Å². The molecule has 1 N–H and O–H groups in total. The summed E-state index contributed by atoms with van der Waals surface area (Å²) in [5, 5.41) is 7.62. The van der Waals surface area contributed by atoms with Gasteiger partial charge in [-0.2, -0.15) is 5.10 Å². The Morgan fingerprint density at radius 1 is 1.26 bits per heavy atom. The molecule has 1 aromatic heterocycles. The molecule has 0 bridgehead atoms. The molecule has 146 valence electrons. The summed E-state index contributed by atoms with van der Waals surface area (Å²) in [5.41, 5.74) is 3.22. The third kappa shape index (κ3) is 5.89. The highest BCUT2D eigenvalue weighted by Gasteiger charge is 2.16. The van der Waals surface area contributed by atoms with Crippen molar-refractivity contribution in [2.24, 2.45) is 0 Å². The van der Waals surface area contributed by atoms with E-state index in [1.54, 1.807) is 12.1 Å². The number of rotatable bonds is 8. The van der Waals surface area contributed by atoms with Crippen molar-refractivity contribution < 1.29 is 9.18 Å². The summed E-state index contributed by atoms with van der Waals surface area (Å²) in [5.74, 6) is -0.194. The summed E-state index contributed by atoms with van der Waals surface area (Å²) >= 11 is 0. The predicted molar refractivity (Wildman–Crippen MR) is 104 cm³/mol. The monoisotopic (exact) mass is 372 g/mol. The number of benzene rings is 1. The molecule has 1 aliphatic rings. The Morgan fingerprint density at radius 2 is 2.07 bits per heavy atom. The first-order valence-electron chi connectivity index (χ1n) is 9.93. The van der Waals surface area contributed by atoms with Crippen molar-refractivity contribution in [1.82, 2.24) is 20.0 Å². The molecule has 0 saturated heterocycles. The highest BCUT2D eigenvalue weighted by Crippen LogP contribution is 2.14. The molecular weight excluding hydrogens is 343 g/mol. The fourth-order valence-electron chi connectivity index (χ4n) is 3.56. The summed E-state index contributed by atoms with van der Waals surface area (Å²) in [6.45, 7) is 6.80. The number of fused-ring (bicyclic) bond motifs is 1. The van der Waals surface area contributed by atoms with Crippen molar-refractivity contribution in [2.45, 2.75) is 58.7 Å². The molecule has 0 spiro atoms. The SMILES string of the molecule is CCCN1CCCn2nc(CNC(=O)CCCc3ccc(F)cc3)cc2C1. The van der Waals surface area contributed by atoms with Gasteiger partial charge in [0.15, 0.2) is 0 Å². The van der Waals surface area contributed by atoms with Crippen molar-refractivity contribution in [1.29, 1.82) is 0 Å². The molecule has 1 aromatic carbocycles. The van der Waals surface area contributed by atoms with Gasteiger partial charge in [0.2, 0.25) is 5.91 Å². The molecule has 6 heteroatoms. The average molecular weight is 372 g/mol. The lowest BCUT2D eigenvalue weighted by Crippen LogP contribution is -2.24. The van der Waals surface area contributed by atoms with Gasteiger partial charge in [0.05, 0.1) is 17.9 Å². The zero-order valence-corrected chi connectivity index (χ0v) is 16.1. The van der Waals surface area contributed by atoms with Gasteiger partial charge in [-0.1, -0.05) is 19.1 Å². The van der Waals surface area contributed by atoms with Gasteiger partial charge < -0.3 is 5.32 Å². The largest absolute Gasteiger partial charge is 0.350 e. The smallest absolute Gasteiger partial charge is 0.220 e. The third-order valence-corrected chi connectivity index (χ3v) is 4.93. The van der Waals surface area contributed by atoms with Crippen molar-refractivity contribution in [3.8, 4) is 0 Å². The zero-order valence-electron chi connectivity index (χ0n) is 16.1. The van der Waals surface area contributed by atoms with E-state index >= 15 is 0 Å². The van der Waals surface area contributed by atoms with Crippen molar-refractivity contribution in [3.63, 3.8) is 0 Å². The van der Waals surface area contributed by atoms with Crippen molar-refractivity contribution in [2.75, 3.05) is 13.1 Å². The first-order valence-corrected chi connectivity index (χ1v) is 9.93. The van der Waals surface area contributed by atoms with E-state index in [1.807, 2.05) is 0 Å². The van der Waals surface area contributed by atoms with Crippen molar-refractivity contribution >= 4 is 5.91 Å². The molecule has 2 heterocycles. The summed E-state index contributed by atoms with van der Waals surface area (Å²) in [6.07, 6.45) is 4.27. The molecule has 0 unspecified atom stereocenters. The molecule has 0 radical (unpaired) electrons. The topological polar surface area (TPSA) is 50.2 Å². The third-order valence-electron chi connectivity index (χ3n) is 4.93. The number of aromatic nitrogens is 2. The van der Waals surface area contributed by atoms with E-state index in [4.69, 9.17) is 0 Å². The van der Waals surface area contributed by atoms with E-state index in [0.717, 1.165) is 63.1 Å². The van der Waals surface area contributed by atoms with E-state index in [9.17, 15) is 9.18 Å². The van der Waals surface area contributed by atoms with Gasteiger partial charge in [0, 0.05) is 26.1 Å². The molecule has 27 heavy (non-hydrogen) atoms. The Hall–Kier alpha value is -2.21. The number of halogens is 1. The second-order valence-corrected chi connectivity index (χ2v) is 7.24. The van der Waals surface area contributed by atoms with E-state index in [-0.39, 0.29) is 11.7 Å². The highest BCUT2D eigenvalue weighted by molar-refractivity contribution is 5.75. The van der Waals surface area contributed by atoms with Crippen LogP contribution in [0.5, 0.6) is 0 Å². The lowest BCUT2D eigenvalue weighted by molar-refractivity contribution is -0.121. The van der Waals surface area contributed by atoms with Gasteiger partial charge in [-0.05, 0) is 56.0 Å². The summed E-state index contributed by atoms with van der Waals surface area (Å²) in [4.78, 5) is 14.6. The maximum atomic E-state index is 12.9. The average Bonchev–Trinajstić information content (AvgIpc) is 2.94. The van der Waals surface area contributed by atoms with Gasteiger partial charge in [0.1, 0.15) is 5.82 Å². The number of nitrogens with zero attached hydrogens (tertiary/aromatic N) is 3. The number of hydrogen-bond donors (Lipinski definition) is 1. The fourth-order valence-corrected chi connectivity index (χ4v) is 3.56. The standard InChI is InChI=1S/C21H29FN4O/c1-2-11-25-12-4-13-26-20(16-25)14-19(24-26)15-23-21(27)6-3-5-17-7-9-18(22)10-8-17/h7-10,14H,2-6,11-13,15-16H2,1H3,(H,23,27). The van der Waals surface area contributed by atoms with Gasteiger partial charge >= 0.3 is 0 Å². The predicted octanol–water partition coefficient (Wildman–Crippen LogP) is 3.28. The maximum Gasteiger partial charge on any atom is 0.220 e. The normalized spacial score (nSPS) is 14.6. The van der Waals surface area contributed by atoms with E-state index < -0.39 is 0 Å². The molecule has 1 amide bonds. The molecule has 0 saturated carbocycles. The van der Waals surface area contributed by atoms with E-state index in [0.29, 0.717) is 13.0 Å². The number of carbonyl (C=O) groups excluding carboxylic acids is 1. The molecule has 0 aliphatic carbocycles. The number of carbonyl (C=O) groups is 1. The first kappa shape index (κ1) is 19.5. The van der Waals surface area contributed by atoms with Crippen LogP contribution in [0.2, 0.25) is 0 Å². The number of aryl methyl sites for hydroxylation is 2. The van der Waals surface area contributed by atoms with Crippen LogP contribution in [0.25, 0.3) is 0 Å². The lowest BCUT2D eigenvalue weighted by atomic mass is 10.1. The number of hydrogen-bond acceptors (Lipinski definition) is 3. The molecule has 0 atom stereocenters. The minimum atomic E-state index is -0.229. The second kappa shape index (κ2) is 9.65. The van der Waals surface area contributed by atoms with Crippen LogP contribution < -0.4 is 5.32 Å². The highest BCUT2D eigenvalue weighted by atomic mass is 19.1. The van der Waals surface area contributed by atoms with Gasteiger partial charge in [0.25, 0.3) is 0 Å². The quantitative estimate of drug-likeness (QED) is 0.774. The lowest BCUT2D eigenvalue weighted by Gasteiger charge is -2.17. The van der Waals surface area contributed by atoms with Gasteiger partial charge in [-0.3, -0.25) is 14.4 Å². The molecule has 0 fully saturated rings. The minimum Gasteiger partial charge on any atom is -0.350 e. The Balaban J connectivity index is 1.42. The number of amides is 1. The molecule has 5 nitrogen and oxygen atoms in total. The van der Waals surface area contributed by atoms with Crippen LogP contribution in [-0.4, -0.2) is 33.7 Å². The summed E-state index contributed by atoms with van der Waals surface area (Å²) in [7, 11) is 0. The number of nitrogens with one attached hydrogen (secondary N) is 1. The Kier molecular flexibility index (Phi) is 6.98. The first-order chi connectivity index (χ1) is 13.1. The van der Waals surface area contributed by atoms with Gasteiger partial charge in [-0.25, -0.2) is 4.39 Å². The molecular formula is C21H29FN4O. The van der Waals surface area contributed by atoms with Crippen LogP contribution >= 0.6 is 0 Å². The fraction of sp³-hybridized carbons (Fsp3) is 0.524. The summed E-state index contributed by atoms with van der Waals surface area (Å²) in [6, 6.07) is 8.58. The van der Waals surface area contributed by atoms with Crippen LogP contribution in [0.3, 0.4) is 0 Å². The second-order valence-electron chi connectivity index (χ2n) is 7.24. The Morgan fingerprint density at radius 3 is 2.85 bits per heavy atom.